The molecule has 5 nitrogen and oxygen atoms in total. The molecule has 0 spiro atoms. The van der Waals surface area contributed by atoms with Gasteiger partial charge in [0.05, 0.1) is 6.54 Å². The van der Waals surface area contributed by atoms with Gasteiger partial charge in [-0.1, -0.05) is 117 Å². The molecule has 168 valence electrons. The van der Waals surface area contributed by atoms with E-state index in [1.54, 1.807) is 0 Å². The van der Waals surface area contributed by atoms with Crippen molar-refractivity contribution in [3.05, 3.63) is 102 Å². The van der Waals surface area contributed by atoms with Crippen molar-refractivity contribution < 1.29 is 4.79 Å². The van der Waals surface area contributed by atoms with Crippen LogP contribution in [-0.4, -0.2) is 20.7 Å². The summed E-state index contributed by atoms with van der Waals surface area (Å²) in [5.41, 5.74) is 10.1. The number of rotatable bonds is 7. The van der Waals surface area contributed by atoms with Crippen LogP contribution in [0.1, 0.15) is 42.7 Å². The highest BCUT2D eigenvalue weighted by Gasteiger charge is 2.24. The molecule has 6 heteroatoms. The van der Waals surface area contributed by atoms with E-state index >= 15 is 0 Å². The lowest BCUT2D eigenvalue weighted by Crippen LogP contribution is -2.19. The fourth-order valence-corrected chi connectivity index (χ4v) is 4.63. The molecule has 2 N–H and O–H groups in total. The third-order valence-corrected chi connectivity index (χ3v) is 6.75. The minimum Gasteiger partial charge on any atom is -0.368 e. The highest BCUT2D eigenvalue weighted by molar-refractivity contribution is 8.00. The molecule has 1 heterocycles. The van der Waals surface area contributed by atoms with Crippen LogP contribution in [0.2, 0.25) is 0 Å². The Balaban J connectivity index is 1.74. The molecule has 3 aromatic carbocycles. The number of hydrogen-bond acceptors (Lipinski definition) is 4. The maximum atomic E-state index is 12.3. The molecule has 33 heavy (non-hydrogen) atoms. The third kappa shape index (κ3) is 5.34. The summed E-state index contributed by atoms with van der Waals surface area (Å²) in [4.78, 5) is 12.3. The van der Waals surface area contributed by atoms with Crippen LogP contribution in [0, 0.1) is 0 Å². The molecular formula is C27H28N4OS. The molecule has 0 aliphatic rings. The van der Waals surface area contributed by atoms with Gasteiger partial charge in [0.25, 0.3) is 0 Å². The Hall–Kier alpha value is -3.38. The molecule has 0 saturated heterocycles. The van der Waals surface area contributed by atoms with Crippen molar-refractivity contribution in [3.8, 4) is 11.4 Å². The van der Waals surface area contributed by atoms with Gasteiger partial charge in [-0.05, 0) is 22.1 Å². The summed E-state index contributed by atoms with van der Waals surface area (Å²) >= 11 is 1.33. The number of nitrogens with zero attached hydrogens (tertiary/aromatic N) is 3. The summed E-state index contributed by atoms with van der Waals surface area (Å²) in [7, 11) is 0. The van der Waals surface area contributed by atoms with Crippen molar-refractivity contribution in [1.29, 1.82) is 0 Å². The minimum absolute atomic E-state index is 0.0711. The maximum absolute atomic E-state index is 12.3. The molecule has 1 unspecified atom stereocenters. The van der Waals surface area contributed by atoms with Gasteiger partial charge in [-0.15, -0.1) is 10.2 Å². The number of amides is 1. The second-order valence-electron chi connectivity index (χ2n) is 9.02. The second-order valence-corrected chi connectivity index (χ2v) is 10.1. The van der Waals surface area contributed by atoms with Gasteiger partial charge >= 0.3 is 0 Å². The fourth-order valence-electron chi connectivity index (χ4n) is 3.64. The van der Waals surface area contributed by atoms with Gasteiger partial charge in [-0.25, -0.2) is 0 Å². The third-order valence-electron chi connectivity index (χ3n) is 5.49. The van der Waals surface area contributed by atoms with Crippen LogP contribution in [0.4, 0.5) is 0 Å². The van der Waals surface area contributed by atoms with E-state index in [9.17, 15) is 4.79 Å². The van der Waals surface area contributed by atoms with E-state index in [1.165, 1.54) is 17.3 Å². The van der Waals surface area contributed by atoms with Gasteiger partial charge in [-0.3, -0.25) is 9.36 Å². The fraction of sp³-hybridized carbons (Fsp3) is 0.222. The van der Waals surface area contributed by atoms with Crippen molar-refractivity contribution in [2.75, 3.05) is 0 Å². The van der Waals surface area contributed by atoms with Gasteiger partial charge in [0.15, 0.2) is 11.0 Å². The number of primary amides is 1. The topological polar surface area (TPSA) is 73.8 Å². The average molecular weight is 457 g/mol. The van der Waals surface area contributed by atoms with Gasteiger partial charge in [0, 0.05) is 5.56 Å². The molecule has 1 atom stereocenters. The van der Waals surface area contributed by atoms with Crippen molar-refractivity contribution in [2.45, 2.75) is 43.1 Å². The van der Waals surface area contributed by atoms with Crippen LogP contribution >= 0.6 is 11.8 Å². The zero-order valence-electron chi connectivity index (χ0n) is 19.1. The molecule has 0 saturated carbocycles. The first-order chi connectivity index (χ1) is 15.8. The zero-order chi connectivity index (χ0) is 23.4. The zero-order valence-corrected chi connectivity index (χ0v) is 19.9. The SMILES string of the molecule is CC(C)(C)c1ccc(-c2nnc(SC(C(N)=O)c3ccccc3)n2Cc2ccccc2)cc1. The van der Waals surface area contributed by atoms with Gasteiger partial charge < -0.3 is 5.73 Å². The lowest BCUT2D eigenvalue weighted by Gasteiger charge is -2.19. The van der Waals surface area contributed by atoms with Gasteiger partial charge in [0.1, 0.15) is 5.25 Å². The first-order valence-corrected chi connectivity index (χ1v) is 11.8. The Morgan fingerprint density at radius 1 is 0.909 bits per heavy atom. The Morgan fingerprint density at radius 3 is 2.09 bits per heavy atom. The molecule has 0 bridgehead atoms. The summed E-state index contributed by atoms with van der Waals surface area (Å²) in [6.07, 6.45) is 0. The van der Waals surface area contributed by atoms with Crippen LogP contribution in [0.3, 0.4) is 0 Å². The molecule has 4 aromatic rings. The van der Waals surface area contributed by atoms with Crippen LogP contribution < -0.4 is 5.73 Å². The van der Waals surface area contributed by atoms with Crippen LogP contribution in [-0.2, 0) is 16.8 Å². The lowest BCUT2D eigenvalue weighted by atomic mass is 9.87. The van der Waals surface area contributed by atoms with E-state index < -0.39 is 11.2 Å². The van der Waals surface area contributed by atoms with Crippen LogP contribution in [0.15, 0.2) is 90.1 Å². The molecule has 0 fully saturated rings. The van der Waals surface area contributed by atoms with E-state index in [-0.39, 0.29) is 5.41 Å². The van der Waals surface area contributed by atoms with E-state index in [1.807, 2.05) is 48.5 Å². The molecule has 0 aliphatic heterocycles. The van der Waals surface area contributed by atoms with E-state index in [0.717, 1.165) is 22.5 Å². The largest absolute Gasteiger partial charge is 0.368 e. The Kier molecular flexibility index (Phi) is 6.65. The first kappa shape index (κ1) is 22.8. The van der Waals surface area contributed by atoms with Crippen LogP contribution in [0.5, 0.6) is 0 Å². The Bertz CT molecular complexity index is 1210. The van der Waals surface area contributed by atoms with E-state index in [2.05, 4.69) is 71.9 Å². The summed E-state index contributed by atoms with van der Waals surface area (Å²) in [6.45, 7) is 7.18. The Morgan fingerprint density at radius 2 is 1.52 bits per heavy atom. The number of carbonyl (C=O) groups is 1. The smallest absolute Gasteiger partial charge is 0.235 e. The summed E-state index contributed by atoms with van der Waals surface area (Å²) < 4.78 is 2.06. The molecule has 0 aliphatic carbocycles. The van der Waals surface area contributed by atoms with Gasteiger partial charge in [-0.2, -0.15) is 0 Å². The van der Waals surface area contributed by atoms with Crippen molar-refractivity contribution >= 4 is 17.7 Å². The Labute approximate surface area is 199 Å². The van der Waals surface area contributed by atoms with Crippen molar-refractivity contribution in [3.63, 3.8) is 0 Å². The standard InChI is InChI=1S/C27H28N4OS/c1-27(2,3)22-16-14-21(15-17-22)25-29-30-26(31(25)18-19-10-6-4-7-11-19)33-23(24(28)32)20-12-8-5-9-13-20/h4-17,23H,18H2,1-3H3,(H2,28,32). The summed E-state index contributed by atoms with van der Waals surface area (Å²) in [6, 6.07) is 28.2. The molecule has 0 radical (unpaired) electrons. The number of benzene rings is 3. The van der Waals surface area contributed by atoms with E-state index in [4.69, 9.17) is 5.73 Å². The van der Waals surface area contributed by atoms with E-state index in [0.29, 0.717) is 11.7 Å². The number of hydrogen-bond donors (Lipinski definition) is 1. The first-order valence-electron chi connectivity index (χ1n) is 10.9. The molecular weight excluding hydrogens is 428 g/mol. The highest BCUT2D eigenvalue weighted by Crippen LogP contribution is 2.36. The summed E-state index contributed by atoms with van der Waals surface area (Å²) in [5.74, 6) is 0.356. The summed E-state index contributed by atoms with van der Waals surface area (Å²) in [5, 5.41) is 9.10. The number of carbonyl (C=O) groups excluding carboxylic acids is 1. The van der Waals surface area contributed by atoms with Crippen LogP contribution in [0.25, 0.3) is 11.4 Å². The highest BCUT2D eigenvalue weighted by atomic mass is 32.2. The number of nitrogens with two attached hydrogens (primary N) is 1. The normalized spacial score (nSPS) is 12.5. The predicted molar refractivity (Wildman–Crippen MR) is 134 cm³/mol. The van der Waals surface area contributed by atoms with Gasteiger partial charge in [0.2, 0.25) is 5.91 Å². The monoisotopic (exact) mass is 456 g/mol. The number of aromatic nitrogens is 3. The molecule has 1 amide bonds. The second kappa shape index (κ2) is 9.63. The predicted octanol–water partition coefficient (Wildman–Crippen LogP) is 5.61. The van der Waals surface area contributed by atoms with Crippen molar-refractivity contribution in [1.82, 2.24) is 14.8 Å². The lowest BCUT2D eigenvalue weighted by molar-refractivity contribution is -0.117. The molecule has 1 aromatic heterocycles. The maximum Gasteiger partial charge on any atom is 0.235 e. The van der Waals surface area contributed by atoms with Crippen molar-refractivity contribution in [2.24, 2.45) is 5.73 Å². The average Bonchev–Trinajstić information content (AvgIpc) is 3.20. The quantitative estimate of drug-likeness (QED) is 0.367. The minimum atomic E-state index is -0.555. The molecule has 4 rings (SSSR count). The number of thioether (sulfide) groups is 1.